The molecule has 0 aliphatic heterocycles. The summed E-state index contributed by atoms with van der Waals surface area (Å²) < 4.78 is 0. The highest BCUT2D eigenvalue weighted by molar-refractivity contribution is 5.27. The van der Waals surface area contributed by atoms with Crippen LogP contribution in [0.25, 0.3) is 0 Å². The first-order chi connectivity index (χ1) is 8.88. The van der Waals surface area contributed by atoms with Gasteiger partial charge in [0.15, 0.2) is 0 Å². The maximum atomic E-state index is 5.42. The summed E-state index contributed by atoms with van der Waals surface area (Å²) in [5.41, 5.74) is 7.81. The van der Waals surface area contributed by atoms with Crippen LogP contribution in [0.2, 0.25) is 0 Å². The molecule has 0 atom stereocenters. The van der Waals surface area contributed by atoms with E-state index in [9.17, 15) is 0 Å². The van der Waals surface area contributed by atoms with Crippen molar-refractivity contribution in [3.8, 4) is 0 Å². The van der Waals surface area contributed by atoms with Crippen LogP contribution in [0.5, 0.6) is 0 Å². The number of nitrogens with two attached hydrogens (primary N) is 1. The van der Waals surface area contributed by atoms with Crippen LogP contribution in [0.4, 0.5) is 5.95 Å². The van der Waals surface area contributed by atoms with Gasteiger partial charge in [0, 0.05) is 25.4 Å². The summed E-state index contributed by atoms with van der Waals surface area (Å²) >= 11 is 0. The number of aromatic nitrogens is 2. The van der Waals surface area contributed by atoms with Crippen molar-refractivity contribution in [1.29, 1.82) is 0 Å². The van der Waals surface area contributed by atoms with Gasteiger partial charge in [0.05, 0.1) is 0 Å². The van der Waals surface area contributed by atoms with E-state index in [0.29, 0.717) is 12.5 Å². The lowest BCUT2D eigenvalue weighted by Gasteiger charge is -2.05. The fourth-order valence-corrected chi connectivity index (χ4v) is 1.67. The number of hydrogen-bond donors (Lipinski definition) is 2. The molecule has 1 aromatic carbocycles. The molecule has 4 nitrogen and oxygen atoms in total. The van der Waals surface area contributed by atoms with E-state index in [1.54, 1.807) is 0 Å². The first-order valence-electron chi connectivity index (χ1n) is 6.17. The molecule has 0 bridgehead atoms. The molecule has 0 spiro atoms. The summed E-state index contributed by atoms with van der Waals surface area (Å²) in [6.07, 6.45) is 5.52. The van der Waals surface area contributed by atoms with Crippen LogP contribution < -0.4 is 11.1 Å². The monoisotopic (exact) mass is 242 g/mol. The van der Waals surface area contributed by atoms with E-state index in [-0.39, 0.29) is 0 Å². The topological polar surface area (TPSA) is 63.8 Å². The molecule has 0 saturated carbocycles. The molecule has 2 aromatic rings. The van der Waals surface area contributed by atoms with Gasteiger partial charge in [-0.2, -0.15) is 0 Å². The number of nitrogens with zero attached hydrogens (tertiary/aromatic N) is 2. The highest BCUT2D eigenvalue weighted by Gasteiger charge is 1.98. The standard InChI is InChI=1S/C14H18N4/c15-7-4-8-16-14-17-10-13(11-18-14)9-12-5-2-1-3-6-12/h1-3,5-6,10-11H,4,7-9,15H2,(H,16,17,18). The second-order valence-corrected chi connectivity index (χ2v) is 4.15. The zero-order valence-electron chi connectivity index (χ0n) is 10.3. The average Bonchev–Trinajstić information content (AvgIpc) is 2.42. The predicted molar refractivity (Wildman–Crippen MR) is 73.4 cm³/mol. The molecule has 0 aliphatic carbocycles. The first-order valence-corrected chi connectivity index (χ1v) is 6.17. The second kappa shape index (κ2) is 6.71. The number of benzene rings is 1. The molecule has 0 fully saturated rings. The van der Waals surface area contributed by atoms with Gasteiger partial charge in [-0.3, -0.25) is 0 Å². The Hall–Kier alpha value is -1.94. The minimum atomic E-state index is 0.667. The van der Waals surface area contributed by atoms with Gasteiger partial charge in [-0.25, -0.2) is 9.97 Å². The molecular formula is C14H18N4. The van der Waals surface area contributed by atoms with E-state index < -0.39 is 0 Å². The van der Waals surface area contributed by atoms with E-state index in [1.165, 1.54) is 5.56 Å². The molecule has 18 heavy (non-hydrogen) atoms. The Bertz CT molecular complexity index is 453. The summed E-state index contributed by atoms with van der Waals surface area (Å²) in [6, 6.07) is 10.3. The SMILES string of the molecule is NCCCNc1ncc(Cc2ccccc2)cn1. The third-order valence-electron chi connectivity index (χ3n) is 2.62. The summed E-state index contributed by atoms with van der Waals surface area (Å²) in [4.78, 5) is 8.57. The van der Waals surface area contributed by atoms with Crippen molar-refractivity contribution >= 4 is 5.95 Å². The molecule has 0 radical (unpaired) electrons. The minimum absolute atomic E-state index is 0.667. The lowest BCUT2D eigenvalue weighted by molar-refractivity contribution is 0.862. The van der Waals surface area contributed by atoms with E-state index in [0.717, 1.165) is 24.9 Å². The third kappa shape index (κ3) is 3.82. The van der Waals surface area contributed by atoms with Gasteiger partial charge in [-0.1, -0.05) is 30.3 Å². The van der Waals surface area contributed by atoms with Crippen LogP contribution in [0, 0.1) is 0 Å². The van der Waals surface area contributed by atoms with Crippen LogP contribution in [-0.2, 0) is 6.42 Å². The summed E-state index contributed by atoms with van der Waals surface area (Å²) in [5.74, 6) is 0.667. The van der Waals surface area contributed by atoms with Gasteiger partial charge in [-0.15, -0.1) is 0 Å². The van der Waals surface area contributed by atoms with Crippen molar-refractivity contribution in [2.24, 2.45) is 5.73 Å². The zero-order valence-corrected chi connectivity index (χ0v) is 10.3. The van der Waals surface area contributed by atoms with Gasteiger partial charge in [-0.05, 0) is 24.1 Å². The molecule has 0 saturated heterocycles. The summed E-state index contributed by atoms with van der Waals surface area (Å²) in [6.45, 7) is 1.49. The van der Waals surface area contributed by atoms with E-state index in [4.69, 9.17) is 5.73 Å². The van der Waals surface area contributed by atoms with Crippen molar-refractivity contribution in [1.82, 2.24) is 9.97 Å². The van der Waals surface area contributed by atoms with Crippen LogP contribution >= 0.6 is 0 Å². The van der Waals surface area contributed by atoms with Crippen molar-refractivity contribution in [2.45, 2.75) is 12.8 Å². The van der Waals surface area contributed by atoms with E-state index in [1.807, 2.05) is 30.6 Å². The molecule has 0 aliphatic rings. The predicted octanol–water partition coefficient (Wildman–Crippen LogP) is 1.83. The average molecular weight is 242 g/mol. The van der Waals surface area contributed by atoms with Gasteiger partial charge in [0.25, 0.3) is 0 Å². The maximum absolute atomic E-state index is 5.42. The van der Waals surface area contributed by atoms with Crippen molar-refractivity contribution in [3.63, 3.8) is 0 Å². The quantitative estimate of drug-likeness (QED) is 0.758. The number of nitrogens with one attached hydrogen (secondary N) is 1. The summed E-state index contributed by atoms with van der Waals surface area (Å²) in [5, 5.41) is 3.13. The molecule has 1 heterocycles. The Balaban J connectivity index is 1.91. The Morgan fingerprint density at radius 2 is 1.72 bits per heavy atom. The van der Waals surface area contributed by atoms with Crippen molar-refractivity contribution in [3.05, 3.63) is 53.9 Å². The fraction of sp³-hybridized carbons (Fsp3) is 0.286. The smallest absolute Gasteiger partial charge is 0.222 e. The Labute approximate surface area is 107 Å². The van der Waals surface area contributed by atoms with Crippen LogP contribution in [0.3, 0.4) is 0 Å². The number of anilines is 1. The molecule has 94 valence electrons. The van der Waals surface area contributed by atoms with Crippen molar-refractivity contribution < 1.29 is 0 Å². The zero-order chi connectivity index (χ0) is 12.6. The van der Waals surface area contributed by atoms with Gasteiger partial charge < -0.3 is 11.1 Å². The van der Waals surface area contributed by atoms with Crippen LogP contribution in [0.1, 0.15) is 17.5 Å². The first kappa shape index (κ1) is 12.5. The lowest BCUT2D eigenvalue weighted by Crippen LogP contribution is -2.10. The van der Waals surface area contributed by atoms with Crippen LogP contribution in [0.15, 0.2) is 42.7 Å². The third-order valence-corrected chi connectivity index (χ3v) is 2.62. The number of rotatable bonds is 6. The summed E-state index contributed by atoms with van der Waals surface area (Å²) in [7, 11) is 0. The minimum Gasteiger partial charge on any atom is -0.354 e. The molecule has 1 aromatic heterocycles. The molecular weight excluding hydrogens is 224 g/mol. The van der Waals surface area contributed by atoms with E-state index in [2.05, 4.69) is 27.4 Å². The van der Waals surface area contributed by atoms with Gasteiger partial charge >= 0.3 is 0 Å². The molecule has 0 amide bonds. The second-order valence-electron chi connectivity index (χ2n) is 4.15. The van der Waals surface area contributed by atoms with Crippen molar-refractivity contribution in [2.75, 3.05) is 18.4 Å². The Kier molecular flexibility index (Phi) is 4.67. The highest BCUT2D eigenvalue weighted by Crippen LogP contribution is 2.08. The Morgan fingerprint density at radius 3 is 2.39 bits per heavy atom. The molecule has 2 rings (SSSR count). The van der Waals surface area contributed by atoms with E-state index >= 15 is 0 Å². The molecule has 3 N–H and O–H groups in total. The highest BCUT2D eigenvalue weighted by atomic mass is 15.1. The maximum Gasteiger partial charge on any atom is 0.222 e. The number of hydrogen-bond acceptors (Lipinski definition) is 4. The van der Waals surface area contributed by atoms with Gasteiger partial charge in [0.2, 0.25) is 5.95 Å². The van der Waals surface area contributed by atoms with Crippen LogP contribution in [-0.4, -0.2) is 23.1 Å². The molecule has 0 unspecified atom stereocenters. The van der Waals surface area contributed by atoms with Gasteiger partial charge in [0.1, 0.15) is 0 Å². The fourth-order valence-electron chi connectivity index (χ4n) is 1.67. The lowest BCUT2D eigenvalue weighted by atomic mass is 10.1. The Morgan fingerprint density at radius 1 is 1.00 bits per heavy atom. The molecule has 4 heteroatoms. The largest absolute Gasteiger partial charge is 0.354 e. The normalized spacial score (nSPS) is 10.3.